The summed E-state index contributed by atoms with van der Waals surface area (Å²) in [5.41, 5.74) is 0.611. The van der Waals surface area contributed by atoms with E-state index >= 15 is 0 Å². The number of carboxylic acids is 1. The average Bonchev–Trinajstić information content (AvgIpc) is 3.06. The predicted molar refractivity (Wildman–Crippen MR) is 90.3 cm³/mol. The van der Waals surface area contributed by atoms with Crippen molar-refractivity contribution in [1.82, 2.24) is 0 Å². The first-order valence-corrected chi connectivity index (χ1v) is 8.12. The number of methoxy groups -OCH3 is 1. The molecule has 0 saturated carbocycles. The van der Waals surface area contributed by atoms with Crippen LogP contribution in [-0.4, -0.2) is 24.7 Å². The molecule has 1 fully saturated rings. The maximum absolute atomic E-state index is 12.8. The molecule has 1 aliphatic rings. The van der Waals surface area contributed by atoms with Crippen molar-refractivity contribution in [3.8, 4) is 5.75 Å². The molecule has 7 heteroatoms. The molecule has 0 bridgehead atoms. The van der Waals surface area contributed by atoms with E-state index < -0.39 is 29.7 Å². The van der Waals surface area contributed by atoms with Gasteiger partial charge in [0.15, 0.2) is 0 Å². The van der Waals surface area contributed by atoms with Crippen LogP contribution in [0.2, 0.25) is 0 Å². The van der Waals surface area contributed by atoms with Crippen LogP contribution in [0.15, 0.2) is 48.5 Å². The van der Waals surface area contributed by atoms with Crippen molar-refractivity contribution < 1.29 is 27.8 Å². The van der Waals surface area contributed by atoms with Crippen molar-refractivity contribution in [2.75, 3.05) is 18.6 Å². The Balaban J connectivity index is 1.96. The van der Waals surface area contributed by atoms with Crippen LogP contribution >= 0.6 is 0 Å². The first kappa shape index (κ1) is 18.1. The highest BCUT2D eigenvalue weighted by atomic mass is 19.4. The second-order valence-corrected chi connectivity index (χ2v) is 6.19. The molecular weight excluding hydrogens is 347 g/mol. The van der Waals surface area contributed by atoms with Gasteiger partial charge in [-0.25, -0.2) is 0 Å². The van der Waals surface area contributed by atoms with Gasteiger partial charge in [0.2, 0.25) is 0 Å². The Labute approximate surface area is 148 Å². The Hall–Kier alpha value is -2.70. The van der Waals surface area contributed by atoms with Gasteiger partial charge in [-0.05, 0) is 48.4 Å². The number of benzene rings is 2. The Morgan fingerprint density at radius 2 is 1.73 bits per heavy atom. The fraction of sp³-hybridized carbons (Fsp3) is 0.316. The third-order valence-electron chi connectivity index (χ3n) is 4.70. The lowest BCUT2D eigenvalue weighted by atomic mass is 9.93. The molecule has 0 radical (unpaired) electrons. The molecule has 4 nitrogen and oxygen atoms in total. The van der Waals surface area contributed by atoms with Crippen LogP contribution in [0.1, 0.15) is 23.6 Å². The van der Waals surface area contributed by atoms with Crippen LogP contribution in [-0.2, 0) is 11.0 Å². The van der Waals surface area contributed by atoms with E-state index in [9.17, 15) is 23.1 Å². The van der Waals surface area contributed by atoms with E-state index in [2.05, 4.69) is 0 Å². The van der Waals surface area contributed by atoms with Crippen molar-refractivity contribution in [1.29, 1.82) is 0 Å². The topological polar surface area (TPSA) is 49.8 Å². The number of hydrogen-bond donors (Lipinski definition) is 1. The largest absolute Gasteiger partial charge is 0.497 e. The molecule has 2 atom stereocenters. The van der Waals surface area contributed by atoms with Crippen LogP contribution in [0.25, 0.3) is 0 Å². The minimum atomic E-state index is -4.42. The summed E-state index contributed by atoms with van der Waals surface area (Å²) < 4.78 is 43.5. The lowest BCUT2D eigenvalue weighted by Gasteiger charge is -2.29. The van der Waals surface area contributed by atoms with E-state index in [4.69, 9.17) is 4.74 Å². The van der Waals surface area contributed by atoms with Gasteiger partial charge in [0.05, 0.1) is 24.6 Å². The van der Waals surface area contributed by atoms with E-state index in [1.807, 2.05) is 17.0 Å². The van der Waals surface area contributed by atoms with Crippen LogP contribution < -0.4 is 9.64 Å². The number of anilines is 1. The summed E-state index contributed by atoms with van der Waals surface area (Å²) in [6, 6.07) is 11.4. The second-order valence-electron chi connectivity index (χ2n) is 6.19. The summed E-state index contributed by atoms with van der Waals surface area (Å²) in [4.78, 5) is 13.6. The van der Waals surface area contributed by atoms with Gasteiger partial charge in [0.1, 0.15) is 5.75 Å². The Bertz CT molecular complexity index is 772. The first-order chi connectivity index (χ1) is 12.3. The van der Waals surface area contributed by atoms with Crippen molar-refractivity contribution >= 4 is 11.7 Å². The summed E-state index contributed by atoms with van der Waals surface area (Å²) >= 11 is 0. The van der Waals surface area contributed by atoms with Gasteiger partial charge >= 0.3 is 12.1 Å². The Morgan fingerprint density at radius 3 is 2.23 bits per heavy atom. The molecule has 1 aliphatic heterocycles. The predicted octanol–water partition coefficient (Wildman–Crippen LogP) is 4.37. The van der Waals surface area contributed by atoms with Crippen LogP contribution in [0.4, 0.5) is 18.9 Å². The van der Waals surface area contributed by atoms with Gasteiger partial charge in [-0.2, -0.15) is 13.2 Å². The minimum absolute atomic E-state index is 0.424. The number of rotatable bonds is 4. The first-order valence-electron chi connectivity index (χ1n) is 8.12. The van der Waals surface area contributed by atoms with E-state index in [1.54, 1.807) is 19.2 Å². The SMILES string of the molecule is COc1ccc(N2CC[C@@H](C(=O)O)[C@H]2c2ccc(C(F)(F)F)cc2)cc1. The number of halogens is 3. The zero-order valence-electron chi connectivity index (χ0n) is 14.0. The molecule has 26 heavy (non-hydrogen) atoms. The zero-order valence-corrected chi connectivity index (χ0v) is 14.0. The van der Waals surface area contributed by atoms with Gasteiger partial charge in [-0.1, -0.05) is 12.1 Å². The van der Waals surface area contributed by atoms with Crippen LogP contribution in [0.3, 0.4) is 0 Å². The van der Waals surface area contributed by atoms with Gasteiger partial charge in [-0.15, -0.1) is 0 Å². The number of carbonyl (C=O) groups is 1. The molecule has 2 aromatic carbocycles. The molecule has 1 saturated heterocycles. The third kappa shape index (κ3) is 3.47. The van der Waals surface area contributed by atoms with Gasteiger partial charge in [0.25, 0.3) is 0 Å². The van der Waals surface area contributed by atoms with E-state index in [0.717, 1.165) is 17.8 Å². The van der Waals surface area contributed by atoms with Gasteiger partial charge in [-0.3, -0.25) is 4.79 Å². The van der Waals surface area contributed by atoms with Crippen molar-refractivity contribution in [2.45, 2.75) is 18.6 Å². The molecular formula is C19H18F3NO3. The number of nitrogens with zero attached hydrogens (tertiary/aromatic N) is 1. The second kappa shape index (κ2) is 6.90. The average molecular weight is 365 g/mol. The number of aliphatic carboxylic acids is 1. The van der Waals surface area contributed by atoms with Crippen molar-refractivity contribution in [2.24, 2.45) is 5.92 Å². The maximum Gasteiger partial charge on any atom is 0.416 e. The molecule has 1 heterocycles. The quantitative estimate of drug-likeness (QED) is 0.874. The lowest BCUT2D eigenvalue weighted by molar-refractivity contribution is -0.142. The molecule has 0 aromatic heterocycles. The fourth-order valence-electron chi connectivity index (χ4n) is 3.40. The van der Waals surface area contributed by atoms with Crippen molar-refractivity contribution in [3.63, 3.8) is 0 Å². The summed E-state index contributed by atoms with van der Waals surface area (Å²) in [6.07, 6.45) is -4.00. The summed E-state index contributed by atoms with van der Waals surface area (Å²) in [7, 11) is 1.55. The third-order valence-corrected chi connectivity index (χ3v) is 4.70. The molecule has 0 aliphatic carbocycles. The van der Waals surface area contributed by atoms with E-state index in [0.29, 0.717) is 24.3 Å². The molecule has 0 spiro atoms. The highest BCUT2D eigenvalue weighted by Crippen LogP contribution is 2.41. The highest BCUT2D eigenvalue weighted by molar-refractivity contribution is 5.74. The number of alkyl halides is 3. The molecule has 0 amide bonds. The van der Waals surface area contributed by atoms with Gasteiger partial charge < -0.3 is 14.7 Å². The van der Waals surface area contributed by atoms with E-state index in [-0.39, 0.29) is 0 Å². The van der Waals surface area contributed by atoms with Crippen LogP contribution in [0.5, 0.6) is 5.75 Å². The molecule has 0 unspecified atom stereocenters. The summed E-state index contributed by atoms with van der Waals surface area (Å²) in [6.45, 7) is 0.509. The highest BCUT2D eigenvalue weighted by Gasteiger charge is 2.40. The molecule has 2 aromatic rings. The van der Waals surface area contributed by atoms with E-state index in [1.165, 1.54) is 12.1 Å². The number of hydrogen-bond acceptors (Lipinski definition) is 3. The van der Waals surface area contributed by atoms with Gasteiger partial charge in [0, 0.05) is 12.2 Å². The monoisotopic (exact) mass is 365 g/mol. The number of ether oxygens (including phenoxy) is 1. The Kier molecular flexibility index (Phi) is 4.80. The normalized spacial score (nSPS) is 20.2. The zero-order chi connectivity index (χ0) is 18.9. The lowest BCUT2D eigenvalue weighted by Crippen LogP contribution is -2.28. The van der Waals surface area contributed by atoms with Crippen LogP contribution in [0, 0.1) is 5.92 Å². The smallest absolute Gasteiger partial charge is 0.416 e. The molecule has 1 N–H and O–H groups in total. The summed E-state index contributed by atoms with van der Waals surface area (Å²) in [5, 5.41) is 9.55. The fourth-order valence-corrected chi connectivity index (χ4v) is 3.40. The molecule has 3 rings (SSSR count). The van der Waals surface area contributed by atoms with Crippen molar-refractivity contribution in [3.05, 3.63) is 59.7 Å². The summed E-state index contributed by atoms with van der Waals surface area (Å²) in [5.74, 6) is -0.964. The maximum atomic E-state index is 12.8. The Morgan fingerprint density at radius 1 is 1.12 bits per heavy atom. The minimum Gasteiger partial charge on any atom is -0.497 e. The standard InChI is InChI=1S/C19H18F3NO3/c1-26-15-8-6-14(7-9-15)23-11-10-16(18(24)25)17(23)12-2-4-13(5-3-12)19(20,21)22/h2-9,16-17H,10-11H2,1H3,(H,24,25)/t16-,17-/m1/s1. The molecule has 138 valence electrons. The number of carboxylic acid groups (broad SMARTS) is 1.